The number of hydrogen-bond acceptors (Lipinski definition) is 5. The van der Waals surface area contributed by atoms with E-state index in [2.05, 4.69) is 23.8 Å². The van der Waals surface area contributed by atoms with Gasteiger partial charge in [-0.1, -0.05) is 89.4 Å². The number of nitrogens with one attached hydrogen (secondary N) is 2. The lowest BCUT2D eigenvalue weighted by atomic mass is 9.78. The first kappa shape index (κ1) is 33.0. The Labute approximate surface area is 264 Å². The Kier molecular flexibility index (Phi) is 9.81. The standard InChI is InChI=1S/C36H37N2O6P/c1-7-33(39)37-29-19-15-25(16-20-29)35(3,4)27-11-9-13-31(23-27)43-45(41,42)44-32-14-10-12-28(24-32)36(5,6)26-17-21-30(22-18-26)38-34(40)8-2/h7-24H,1-2H2,3-6H3,(H,37,39)(H,38,40)(H,41,42). The summed E-state index contributed by atoms with van der Waals surface area (Å²) >= 11 is 0. The summed E-state index contributed by atoms with van der Waals surface area (Å²) < 4.78 is 24.2. The molecule has 2 amide bonds. The van der Waals surface area contributed by atoms with E-state index in [0.29, 0.717) is 11.4 Å². The molecule has 0 aliphatic carbocycles. The minimum Gasteiger partial charge on any atom is -0.395 e. The lowest BCUT2D eigenvalue weighted by Gasteiger charge is -2.27. The maximum Gasteiger partial charge on any atom is 0.584 e. The maximum atomic E-state index is 13.1. The molecule has 0 bridgehead atoms. The molecule has 3 N–H and O–H groups in total. The third kappa shape index (κ3) is 8.18. The summed E-state index contributed by atoms with van der Waals surface area (Å²) in [6.07, 6.45) is 2.42. The molecule has 4 aromatic carbocycles. The van der Waals surface area contributed by atoms with Gasteiger partial charge in [-0.05, 0) is 82.9 Å². The normalized spacial score (nSPS) is 11.7. The molecular weight excluding hydrogens is 587 g/mol. The van der Waals surface area contributed by atoms with Gasteiger partial charge in [0.25, 0.3) is 0 Å². The van der Waals surface area contributed by atoms with Crippen LogP contribution in [0.2, 0.25) is 0 Å². The van der Waals surface area contributed by atoms with Crippen LogP contribution in [0, 0.1) is 0 Å². The highest BCUT2D eigenvalue weighted by molar-refractivity contribution is 7.48. The van der Waals surface area contributed by atoms with Crippen LogP contribution in [0.15, 0.2) is 122 Å². The van der Waals surface area contributed by atoms with E-state index in [1.54, 1.807) is 36.4 Å². The van der Waals surface area contributed by atoms with Crippen molar-refractivity contribution < 1.29 is 28.1 Å². The highest BCUT2D eigenvalue weighted by atomic mass is 31.2. The van der Waals surface area contributed by atoms with Gasteiger partial charge in [0.15, 0.2) is 0 Å². The predicted octanol–water partition coefficient (Wildman–Crippen LogP) is 8.15. The topological polar surface area (TPSA) is 114 Å². The monoisotopic (exact) mass is 624 g/mol. The van der Waals surface area contributed by atoms with Gasteiger partial charge >= 0.3 is 7.82 Å². The van der Waals surface area contributed by atoms with E-state index >= 15 is 0 Å². The van der Waals surface area contributed by atoms with Gasteiger partial charge < -0.3 is 19.7 Å². The quantitative estimate of drug-likeness (QED) is 0.108. The lowest BCUT2D eigenvalue weighted by Crippen LogP contribution is -2.19. The van der Waals surface area contributed by atoms with E-state index in [1.807, 2.05) is 88.4 Å². The van der Waals surface area contributed by atoms with Crippen molar-refractivity contribution in [1.82, 2.24) is 0 Å². The van der Waals surface area contributed by atoms with Gasteiger partial charge in [0.05, 0.1) is 0 Å². The minimum atomic E-state index is -4.57. The molecule has 0 radical (unpaired) electrons. The Hall–Kier alpha value is -4.91. The summed E-state index contributed by atoms with van der Waals surface area (Å²) in [6.45, 7) is 15.0. The summed E-state index contributed by atoms with van der Waals surface area (Å²) in [5.74, 6) is -0.219. The molecule has 0 unspecified atom stereocenters. The molecule has 0 aliphatic heterocycles. The zero-order valence-electron chi connectivity index (χ0n) is 25.7. The molecule has 45 heavy (non-hydrogen) atoms. The van der Waals surface area contributed by atoms with Gasteiger partial charge in [0.1, 0.15) is 11.5 Å². The Morgan fingerprint density at radius 2 is 1.00 bits per heavy atom. The number of phosphoric acid groups is 1. The van der Waals surface area contributed by atoms with Crippen LogP contribution in [0.3, 0.4) is 0 Å². The van der Waals surface area contributed by atoms with Gasteiger partial charge in [-0.2, -0.15) is 0 Å². The molecule has 0 spiro atoms. The van der Waals surface area contributed by atoms with E-state index < -0.39 is 18.7 Å². The fraction of sp³-hybridized carbons (Fsp3) is 0.167. The summed E-state index contributed by atoms with van der Waals surface area (Å²) in [4.78, 5) is 33.9. The summed E-state index contributed by atoms with van der Waals surface area (Å²) in [5.41, 5.74) is 3.95. The molecule has 0 fully saturated rings. The Bertz CT molecular complexity index is 1630. The van der Waals surface area contributed by atoms with Crippen molar-refractivity contribution in [1.29, 1.82) is 0 Å². The van der Waals surface area contributed by atoms with Gasteiger partial charge in [0.2, 0.25) is 11.8 Å². The van der Waals surface area contributed by atoms with Gasteiger partial charge in [-0.15, -0.1) is 0 Å². The summed E-state index contributed by atoms with van der Waals surface area (Å²) in [7, 11) is -4.57. The first-order chi connectivity index (χ1) is 21.2. The number of hydrogen-bond donors (Lipinski definition) is 3. The largest absolute Gasteiger partial charge is 0.584 e. The number of amides is 2. The molecule has 0 atom stereocenters. The number of carbonyl (C=O) groups is 2. The number of benzene rings is 4. The third-order valence-corrected chi connectivity index (χ3v) is 8.56. The van der Waals surface area contributed by atoms with Crippen molar-refractivity contribution in [3.8, 4) is 11.5 Å². The molecule has 0 saturated carbocycles. The third-order valence-electron chi connectivity index (χ3n) is 7.67. The van der Waals surface area contributed by atoms with Gasteiger partial charge in [-0.25, -0.2) is 4.57 Å². The molecule has 0 aliphatic rings. The Morgan fingerprint density at radius 3 is 1.33 bits per heavy atom. The van der Waals surface area contributed by atoms with Crippen LogP contribution in [0.4, 0.5) is 11.4 Å². The lowest BCUT2D eigenvalue weighted by molar-refractivity contribution is -0.112. The maximum absolute atomic E-state index is 13.1. The average molecular weight is 625 g/mol. The fourth-order valence-corrected chi connectivity index (χ4v) is 5.63. The smallest absolute Gasteiger partial charge is 0.395 e. The van der Waals surface area contributed by atoms with Crippen LogP contribution < -0.4 is 19.7 Å². The van der Waals surface area contributed by atoms with Crippen molar-refractivity contribution >= 4 is 31.0 Å². The number of carbonyl (C=O) groups excluding carboxylic acids is 2. The molecule has 9 heteroatoms. The van der Waals surface area contributed by atoms with Crippen molar-refractivity contribution in [3.05, 3.63) is 145 Å². The van der Waals surface area contributed by atoms with Crippen molar-refractivity contribution in [3.63, 3.8) is 0 Å². The van der Waals surface area contributed by atoms with Crippen molar-refractivity contribution in [2.24, 2.45) is 0 Å². The van der Waals surface area contributed by atoms with E-state index in [4.69, 9.17) is 9.05 Å². The SMILES string of the molecule is C=CC(=O)Nc1ccc(C(C)(C)c2cccc(OP(=O)(O)Oc3cccc(C(C)(C)c4ccc(NC(=O)C=C)cc4)c3)c2)cc1. The first-order valence-corrected chi connectivity index (χ1v) is 15.7. The zero-order valence-corrected chi connectivity index (χ0v) is 26.6. The second kappa shape index (κ2) is 13.4. The molecule has 8 nitrogen and oxygen atoms in total. The summed E-state index contributed by atoms with van der Waals surface area (Å²) in [5, 5.41) is 5.46. The second-order valence-electron chi connectivity index (χ2n) is 11.5. The van der Waals surface area contributed by atoms with E-state index in [9.17, 15) is 19.0 Å². The molecule has 4 aromatic rings. The van der Waals surface area contributed by atoms with Crippen LogP contribution in [0.5, 0.6) is 11.5 Å². The molecular formula is C36H37N2O6P. The highest BCUT2D eigenvalue weighted by Crippen LogP contribution is 2.46. The molecule has 0 saturated heterocycles. The van der Waals surface area contributed by atoms with Gasteiger partial charge in [0, 0.05) is 22.2 Å². The zero-order chi connectivity index (χ0) is 32.8. The second-order valence-corrected chi connectivity index (χ2v) is 12.8. The molecule has 4 rings (SSSR count). The van der Waals surface area contributed by atoms with Crippen LogP contribution in [0.25, 0.3) is 0 Å². The van der Waals surface area contributed by atoms with Crippen molar-refractivity contribution in [2.75, 3.05) is 10.6 Å². The fourth-order valence-electron chi connectivity index (χ4n) is 4.83. The van der Waals surface area contributed by atoms with E-state index in [0.717, 1.165) is 22.3 Å². The van der Waals surface area contributed by atoms with E-state index in [-0.39, 0.29) is 23.3 Å². The number of rotatable bonds is 12. The average Bonchev–Trinajstić information content (AvgIpc) is 3.01. The molecule has 0 heterocycles. The van der Waals surface area contributed by atoms with Gasteiger partial charge in [-0.3, -0.25) is 14.5 Å². The van der Waals surface area contributed by atoms with E-state index in [1.165, 1.54) is 12.2 Å². The van der Waals surface area contributed by atoms with Crippen LogP contribution >= 0.6 is 7.82 Å². The minimum absolute atomic E-state index is 0.182. The first-order valence-electron chi connectivity index (χ1n) is 14.2. The number of anilines is 2. The Morgan fingerprint density at radius 1 is 0.644 bits per heavy atom. The molecule has 0 aromatic heterocycles. The predicted molar refractivity (Wildman–Crippen MR) is 179 cm³/mol. The van der Waals surface area contributed by atoms with Crippen molar-refractivity contribution in [2.45, 2.75) is 38.5 Å². The van der Waals surface area contributed by atoms with Crippen LogP contribution in [0.1, 0.15) is 49.9 Å². The molecule has 232 valence electrons. The Balaban J connectivity index is 1.48. The summed E-state index contributed by atoms with van der Waals surface area (Å²) in [6, 6.07) is 28.8. The highest BCUT2D eigenvalue weighted by Gasteiger charge is 2.29. The number of phosphoric ester groups is 1. The van der Waals surface area contributed by atoms with Crippen LogP contribution in [-0.4, -0.2) is 16.7 Å². The van der Waals surface area contributed by atoms with Crippen LogP contribution in [-0.2, 0) is 25.0 Å².